The molecule has 0 atom stereocenters. The molecule has 0 amide bonds. The molecule has 0 saturated carbocycles. The second-order valence-electron chi connectivity index (χ2n) is 4.92. The van der Waals surface area contributed by atoms with E-state index in [9.17, 15) is 4.39 Å². The average molecular weight is 306 g/mol. The van der Waals surface area contributed by atoms with Crippen molar-refractivity contribution in [2.75, 3.05) is 0 Å². The van der Waals surface area contributed by atoms with Crippen LogP contribution in [-0.4, -0.2) is 19.9 Å². The number of rotatable bonds is 3. The van der Waals surface area contributed by atoms with Crippen LogP contribution in [0, 0.1) is 5.82 Å². The fraction of sp³-hybridized carbons (Fsp3) is 0. The Morgan fingerprint density at radius 2 is 1.87 bits per heavy atom. The van der Waals surface area contributed by atoms with Crippen molar-refractivity contribution < 1.29 is 9.13 Å². The van der Waals surface area contributed by atoms with Gasteiger partial charge in [-0.05, 0) is 42.5 Å². The zero-order valence-electron chi connectivity index (χ0n) is 11.9. The molecule has 23 heavy (non-hydrogen) atoms. The standard InChI is InChI=1S/C17H11FN4O/c18-12-3-6-14-15(9-12)22-17(21-14)11-1-4-13(5-2-11)23-16-10-19-7-8-20-16/h1-10H,(H,21,22). The van der Waals surface area contributed by atoms with E-state index < -0.39 is 0 Å². The molecule has 112 valence electrons. The van der Waals surface area contributed by atoms with Gasteiger partial charge in [-0.2, -0.15) is 0 Å². The predicted octanol–water partition coefficient (Wildman–Crippen LogP) is 3.95. The lowest BCUT2D eigenvalue weighted by Crippen LogP contribution is -1.88. The Hall–Kier alpha value is -3.28. The number of nitrogens with one attached hydrogen (secondary N) is 1. The molecule has 2 aromatic heterocycles. The molecule has 2 aromatic carbocycles. The lowest BCUT2D eigenvalue weighted by molar-refractivity contribution is 0.460. The summed E-state index contributed by atoms with van der Waals surface area (Å²) in [6, 6.07) is 11.9. The van der Waals surface area contributed by atoms with Gasteiger partial charge in [-0.15, -0.1) is 0 Å². The molecule has 0 radical (unpaired) electrons. The lowest BCUT2D eigenvalue weighted by atomic mass is 10.2. The van der Waals surface area contributed by atoms with Crippen molar-refractivity contribution in [2.24, 2.45) is 0 Å². The summed E-state index contributed by atoms with van der Waals surface area (Å²) in [5, 5.41) is 0. The van der Waals surface area contributed by atoms with Crippen LogP contribution in [0.3, 0.4) is 0 Å². The molecule has 2 heterocycles. The number of ether oxygens (including phenoxy) is 1. The van der Waals surface area contributed by atoms with E-state index in [1.54, 1.807) is 24.7 Å². The van der Waals surface area contributed by atoms with Gasteiger partial charge in [0.05, 0.1) is 17.2 Å². The number of aromatic nitrogens is 4. The predicted molar refractivity (Wildman–Crippen MR) is 83.6 cm³/mol. The highest BCUT2D eigenvalue weighted by molar-refractivity contribution is 5.79. The molecule has 0 spiro atoms. The van der Waals surface area contributed by atoms with Gasteiger partial charge >= 0.3 is 0 Å². The number of halogens is 1. The topological polar surface area (TPSA) is 63.7 Å². The van der Waals surface area contributed by atoms with Gasteiger partial charge in [0.1, 0.15) is 17.4 Å². The first kappa shape index (κ1) is 13.4. The van der Waals surface area contributed by atoms with E-state index in [0.29, 0.717) is 23.0 Å². The van der Waals surface area contributed by atoms with Gasteiger partial charge in [-0.1, -0.05) is 0 Å². The minimum atomic E-state index is -0.291. The number of H-pyrrole nitrogens is 1. The first-order valence-electron chi connectivity index (χ1n) is 6.97. The summed E-state index contributed by atoms with van der Waals surface area (Å²) in [4.78, 5) is 15.6. The van der Waals surface area contributed by atoms with Crippen LogP contribution in [0.4, 0.5) is 4.39 Å². The van der Waals surface area contributed by atoms with Gasteiger partial charge in [0, 0.05) is 18.0 Å². The van der Waals surface area contributed by atoms with Crippen LogP contribution >= 0.6 is 0 Å². The number of hydrogen-bond donors (Lipinski definition) is 1. The Kier molecular flexibility index (Phi) is 3.20. The molecule has 0 unspecified atom stereocenters. The van der Waals surface area contributed by atoms with Gasteiger partial charge in [0.15, 0.2) is 0 Å². The number of imidazole rings is 1. The van der Waals surface area contributed by atoms with Crippen LogP contribution in [0.5, 0.6) is 11.6 Å². The molecule has 0 saturated heterocycles. The maximum atomic E-state index is 13.2. The SMILES string of the molecule is Fc1ccc2nc(-c3ccc(Oc4cnccn4)cc3)[nH]c2c1. The van der Waals surface area contributed by atoms with E-state index in [-0.39, 0.29) is 5.82 Å². The zero-order valence-corrected chi connectivity index (χ0v) is 11.9. The molecule has 4 rings (SSSR count). The first-order valence-corrected chi connectivity index (χ1v) is 6.97. The minimum absolute atomic E-state index is 0.291. The van der Waals surface area contributed by atoms with E-state index >= 15 is 0 Å². The van der Waals surface area contributed by atoms with Gasteiger partial charge in [0.25, 0.3) is 0 Å². The number of benzene rings is 2. The molecular formula is C17H11FN4O. The Bertz CT molecular complexity index is 951. The highest BCUT2D eigenvalue weighted by Gasteiger charge is 2.07. The maximum absolute atomic E-state index is 13.2. The highest BCUT2D eigenvalue weighted by atomic mass is 19.1. The number of fused-ring (bicyclic) bond motifs is 1. The summed E-state index contributed by atoms with van der Waals surface area (Å²) in [6.45, 7) is 0. The molecule has 0 bridgehead atoms. The fourth-order valence-electron chi connectivity index (χ4n) is 2.26. The summed E-state index contributed by atoms with van der Waals surface area (Å²) in [6.07, 6.45) is 4.69. The molecule has 0 aliphatic carbocycles. The van der Waals surface area contributed by atoms with Crippen LogP contribution in [0.2, 0.25) is 0 Å². The number of hydrogen-bond acceptors (Lipinski definition) is 4. The van der Waals surface area contributed by atoms with Crippen molar-refractivity contribution in [1.29, 1.82) is 0 Å². The Morgan fingerprint density at radius 3 is 2.65 bits per heavy atom. The smallest absolute Gasteiger partial charge is 0.237 e. The molecular weight excluding hydrogens is 295 g/mol. The van der Waals surface area contributed by atoms with Crippen LogP contribution in [0.25, 0.3) is 22.4 Å². The monoisotopic (exact) mass is 306 g/mol. The normalized spacial score (nSPS) is 10.8. The van der Waals surface area contributed by atoms with Gasteiger partial charge in [-0.3, -0.25) is 4.98 Å². The van der Waals surface area contributed by atoms with Gasteiger partial charge in [0.2, 0.25) is 5.88 Å². The van der Waals surface area contributed by atoms with E-state index in [4.69, 9.17) is 4.74 Å². The molecule has 6 heteroatoms. The molecule has 4 aromatic rings. The maximum Gasteiger partial charge on any atom is 0.237 e. The lowest BCUT2D eigenvalue weighted by Gasteiger charge is -2.04. The van der Waals surface area contributed by atoms with Gasteiger partial charge in [-0.25, -0.2) is 14.4 Å². The highest BCUT2D eigenvalue weighted by Crippen LogP contribution is 2.25. The van der Waals surface area contributed by atoms with Crippen molar-refractivity contribution in [3.8, 4) is 23.0 Å². The molecule has 5 nitrogen and oxygen atoms in total. The zero-order chi connectivity index (χ0) is 15.6. The Balaban J connectivity index is 1.61. The largest absolute Gasteiger partial charge is 0.438 e. The summed E-state index contributed by atoms with van der Waals surface area (Å²) in [7, 11) is 0. The third-order valence-electron chi connectivity index (χ3n) is 3.33. The third kappa shape index (κ3) is 2.74. The number of aromatic amines is 1. The van der Waals surface area contributed by atoms with Crippen LogP contribution in [0.15, 0.2) is 61.1 Å². The van der Waals surface area contributed by atoms with Crippen molar-refractivity contribution in [1.82, 2.24) is 19.9 Å². The molecule has 0 aliphatic rings. The summed E-state index contributed by atoms with van der Waals surface area (Å²) in [5.41, 5.74) is 2.27. The average Bonchev–Trinajstić information content (AvgIpc) is 2.99. The second-order valence-corrected chi connectivity index (χ2v) is 4.92. The summed E-state index contributed by atoms with van der Waals surface area (Å²) >= 11 is 0. The summed E-state index contributed by atoms with van der Waals surface area (Å²) in [5.74, 6) is 1.47. The third-order valence-corrected chi connectivity index (χ3v) is 3.33. The fourth-order valence-corrected chi connectivity index (χ4v) is 2.26. The van der Waals surface area contributed by atoms with E-state index in [0.717, 1.165) is 11.1 Å². The van der Waals surface area contributed by atoms with Crippen molar-refractivity contribution >= 4 is 11.0 Å². The minimum Gasteiger partial charge on any atom is -0.438 e. The number of nitrogens with zero attached hydrogens (tertiary/aromatic N) is 3. The van der Waals surface area contributed by atoms with Crippen molar-refractivity contribution in [3.63, 3.8) is 0 Å². The van der Waals surface area contributed by atoms with Crippen molar-refractivity contribution in [3.05, 3.63) is 66.9 Å². The van der Waals surface area contributed by atoms with Crippen LogP contribution < -0.4 is 4.74 Å². The molecule has 0 fully saturated rings. The quantitative estimate of drug-likeness (QED) is 0.622. The van der Waals surface area contributed by atoms with Gasteiger partial charge < -0.3 is 9.72 Å². The summed E-state index contributed by atoms with van der Waals surface area (Å²) < 4.78 is 18.8. The van der Waals surface area contributed by atoms with Crippen LogP contribution in [-0.2, 0) is 0 Å². The Morgan fingerprint density at radius 1 is 1.00 bits per heavy atom. The van der Waals surface area contributed by atoms with E-state index in [1.165, 1.54) is 12.1 Å². The molecule has 1 N–H and O–H groups in total. The molecule has 0 aliphatic heterocycles. The second kappa shape index (κ2) is 5.49. The Labute approximate surface area is 130 Å². The first-order chi connectivity index (χ1) is 11.3. The van der Waals surface area contributed by atoms with E-state index in [1.807, 2.05) is 24.3 Å². The van der Waals surface area contributed by atoms with E-state index in [2.05, 4.69) is 19.9 Å². The van der Waals surface area contributed by atoms with Crippen LogP contribution in [0.1, 0.15) is 0 Å². The van der Waals surface area contributed by atoms with Crippen molar-refractivity contribution in [2.45, 2.75) is 0 Å².